The van der Waals surface area contributed by atoms with Crippen LogP contribution in [0.5, 0.6) is 0 Å². The number of rotatable bonds is 6. The monoisotopic (exact) mass is 318 g/mol. The van der Waals surface area contributed by atoms with E-state index in [2.05, 4.69) is 32.1 Å². The Bertz CT molecular complexity index is 500. The average molecular weight is 318 g/mol. The van der Waals surface area contributed by atoms with Gasteiger partial charge in [0.15, 0.2) is 0 Å². The summed E-state index contributed by atoms with van der Waals surface area (Å²) < 4.78 is 0. The van der Waals surface area contributed by atoms with Crippen molar-refractivity contribution in [2.75, 3.05) is 30.7 Å². The zero-order chi connectivity index (χ0) is 16.1. The summed E-state index contributed by atoms with van der Waals surface area (Å²) in [5.41, 5.74) is 5.89. The van der Waals surface area contributed by atoms with Crippen LogP contribution in [0.1, 0.15) is 57.7 Å². The molecule has 2 fully saturated rings. The predicted octanol–water partition coefficient (Wildman–Crippen LogP) is 2.47. The minimum Gasteiger partial charge on any atom is -0.368 e. The van der Waals surface area contributed by atoms with Crippen LogP contribution in [0, 0.1) is 5.92 Å². The molecule has 0 spiro atoms. The van der Waals surface area contributed by atoms with E-state index in [0.717, 1.165) is 25.3 Å². The Morgan fingerprint density at radius 3 is 2.70 bits per heavy atom. The highest BCUT2D eigenvalue weighted by atomic mass is 15.2. The topological polar surface area (TPSA) is 80.0 Å². The molecule has 23 heavy (non-hydrogen) atoms. The lowest BCUT2D eigenvalue weighted by molar-refractivity contribution is 0.276. The highest BCUT2D eigenvalue weighted by molar-refractivity contribution is 5.31. The number of nitrogens with zero attached hydrogens (tertiary/aromatic N) is 4. The Morgan fingerprint density at radius 2 is 1.91 bits per heavy atom. The molecule has 1 aliphatic heterocycles. The van der Waals surface area contributed by atoms with Gasteiger partial charge in [0.1, 0.15) is 5.82 Å². The second-order valence-corrected chi connectivity index (χ2v) is 6.95. The summed E-state index contributed by atoms with van der Waals surface area (Å²) in [5, 5.41) is 3.39. The van der Waals surface area contributed by atoms with Crippen LogP contribution in [0.15, 0.2) is 0 Å². The van der Waals surface area contributed by atoms with Crippen molar-refractivity contribution in [1.82, 2.24) is 19.9 Å². The molecule has 128 valence electrons. The quantitative estimate of drug-likeness (QED) is 0.839. The number of aromatic nitrogens is 3. The van der Waals surface area contributed by atoms with Gasteiger partial charge in [0.25, 0.3) is 0 Å². The van der Waals surface area contributed by atoms with Gasteiger partial charge in [0.05, 0.1) is 0 Å². The Labute approximate surface area is 139 Å². The minimum absolute atomic E-state index is 0.340. The molecular formula is C17H30N6. The van der Waals surface area contributed by atoms with Crippen LogP contribution < -0.4 is 11.1 Å². The van der Waals surface area contributed by atoms with Gasteiger partial charge in [0.2, 0.25) is 11.9 Å². The fourth-order valence-corrected chi connectivity index (χ4v) is 4.01. The van der Waals surface area contributed by atoms with E-state index in [-0.39, 0.29) is 0 Å². The maximum Gasteiger partial charge on any atom is 0.227 e. The van der Waals surface area contributed by atoms with Crippen LogP contribution in [-0.2, 0) is 6.42 Å². The van der Waals surface area contributed by atoms with Crippen LogP contribution in [-0.4, -0.2) is 45.5 Å². The van der Waals surface area contributed by atoms with Gasteiger partial charge in [-0.1, -0.05) is 39.0 Å². The second-order valence-electron chi connectivity index (χ2n) is 6.95. The van der Waals surface area contributed by atoms with Crippen molar-refractivity contribution in [2.45, 2.75) is 64.3 Å². The lowest BCUT2D eigenvalue weighted by atomic mass is 9.87. The first kappa shape index (κ1) is 16.4. The highest BCUT2D eigenvalue weighted by Crippen LogP contribution is 2.26. The van der Waals surface area contributed by atoms with Crippen molar-refractivity contribution in [3.05, 3.63) is 5.82 Å². The molecule has 1 aromatic rings. The van der Waals surface area contributed by atoms with E-state index < -0.39 is 0 Å². The molecular weight excluding hydrogens is 288 g/mol. The van der Waals surface area contributed by atoms with Crippen molar-refractivity contribution >= 4 is 11.9 Å². The molecule has 0 aromatic carbocycles. The Kier molecular flexibility index (Phi) is 5.65. The molecule has 0 amide bonds. The lowest BCUT2D eigenvalue weighted by Crippen LogP contribution is -2.35. The maximum atomic E-state index is 5.89. The van der Waals surface area contributed by atoms with Crippen LogP contribution in [0.2, 0.25) is 0 Å². The van der Waals surface area contributed by atoms with Gasteiger partial charge >= 0.3 is 0 Å². The third-order valence-corrected chi connectivity index (χ3v) is 5.30. The van der Waals surface area contributed by atoms with E-state index >= 15 is 0 Å². The number of hydrogen-bond donors (Lipinski definition) is 2. The van der Waals surface area contributed by atoms with Crippen LogP contribution >= 0.6 is 0 Å². The highest BCUT2D eigenvalue weighted by Gasteiger charge is 2.23. The first-order valence-corrected chi connectivity index (χ1v) is 9.23. The van der Waals surface area contributed by atoms with Crippen LogP contribution in [0.4, 0.5) is 11.9 Å². The molecule has 1 atom stereocenters. The molecule has 1 aliphatic carbocycles. The summed E-state index contributed by atoms with van der Waals surface area (Å²) in [4.78, 5) is 15.7. The second kappa shape index (κ2) is 7.90. The van der Waals surface area contributed by atoms with Crippen LogP contribution in [0.25, 0.3) is 0 Å². The first-order chi connectivity index (χ1) is 11.2. The normalized spacial score (nSPS) is 23.3. The number of likely N-dealkylation sites (tertiary alicyclic amines) is 1. The van der Waals surface area contributed by atoms with Gasteiger partial charge in [-0.2, -0.15) is 15.0 Å². The van der Waals surface area contributed by atoms with Gasteiger partial charge in [0, 0.05) is 19.0 Å². The smallest absolute Gasteiger partial charge is 0.227 e. The zero-order valence-electron chi connectivity index (χ0n) is 14.3. The number of nitrogens with two attached hydrogens (primary N) is 1. The first-order valence-electron chi connectivity index (χ1n) is 9.23. The van der Waals surface area contributed by atoms with Crippen molar-refractivity contribution in [1.29, 1.82) is 0 Å². The summed E-state index contributed by atoms with van der Waals surface area (Å²) in [6.45, 7) is 5.43. The molecule has 2 heterocycles. The largest absolute Gasteiger partial charge is 0.368 e. The maximum absolute atomic E-state index is 5.89. The Balaban J connectivity index is 1.58. The molecule has 3 rings (SSSR count). The van der Waals surface area contributed by atoms with Crippen molar-refractivity contribution in [3.63, 3.8) is 0 Å². The van der Waals surface area contributed by atoms with E-state index in [4.69, 9.17) is 5.73 Å². The number of nitrogens with one attached hydrogen (secondary N) is 1. The lowest BCUT2D eigenvalue weighted by Gasteiger charge is -2.23. The summed E-state index contributed by atoms with van der Waals surface area (Å²) in [5.74, 6) is 2.55. The van der Waals surface area contributed by atoms with Crippen molar-refractivity contribution in [2.24, 2.45) is 5.92 Å². The van der Waals surface area contributed by atoms with Crippen molar-refractivity contribution < 1.29 is 0 Å². The third-order valence-electron chi connectivity index (χ3n) is 5.30. The van der Waals surface area contributed by atoms with Crippen molar-refractivity contribution in [3.8, 4) is 0 Å². The number of anilines is 2. The van der Waals surface area contributed by atoms with Gasteiger partial charge < -0.3 is 11.1 Å². The fourth-order valence-electron chi connectivity index (χ4n) is 4.01. The summed E-state index contributed by atoms with van der Waals surface area (Å²) in [7, 11) is 0. The zero-order valence-corrected chi connectivity index (χ0v) is 14.3. The van der Waals surface area contributed by atoms with Crippen LogP contribution in [0.3, 0.4) is 0 Å². The molecule has 0 bridgehead atoms. The molecule has 6 heteroatoms. The SMILES string of the molecule is CCN1CCCC1CNc1nc(N)nc(CC2CCCCC2)n1. The molecule has 1 unspecified atom stereocenters. The van der Waals surface area contributed by atoms with Gasteiger partial charge in [-0.15, -0.1) is 0 Å². The molecule has 1 aromatic heterocycles. The molecule has 3 N–H and O–H groups in total. The summed E-state index contributed by atoms with van der Waals surface area (Å²) in [6, 6.07) is 0.583. The number of hydrogen-bond acceptors (Lipinski definition) is 6. The molecule has 2 aliphatic rings. The van der Waals surface area contributed by atoms with E-state index in [1.165, 1.54) is 51.5 Å². The Morgan fingerprint density at radius 1 is 1.09 bits per heavy atom. The van der Waals surface area contributed by atoms with Gasteiger partial charge in [-0.3, -0.25) is 4.90 Å². The third kappa shape index (κ3) is 4.53. The molecule has 1 saturated carbocycles. The number of likely N-dealkylation sites (N-methyl/N-ethyl adjacent to an activating group) is 1. The van der Waals surface area contributed by atoms with E-state index in [1.807, 2.05) is 0 Å². The minimum atomic E-state index is 0.340. The Hall–Kier alpha value is -1.43. The summed E-state index contributed by atoms with van der Waals surface area (Å²) >= 11 is 0. The van der Waals surface area contributed by atoms with Gasteiger partial charge in [-0.25, -0.2) is 0 Å². The van der Waals surface area contributed by atoms with E-state index in [1.54, 1.807) is 0 Å². The van der Waals surface area contributed by atoms with E-state index in [9.17, 15) is 0 Å². The molecule has 1 saturated heterocycles. The average Bonchev–Trinajstić information content (AvgIpc) is 3.01. The fraction of sp³-hybridized carbons (Fsp3) is 0.824. The molecule has 0 radical (unpaired) electrons. The summed E-state index contributed by atoms with van der Waals surface area (Å²) in [6.07, 6.45) is 10.1. The predicted molar refractivity (Wildman–Crippen MR) is 93.3 cm³/mol. The van der Waals surface area contributed by atoms with E-state index in [0.29, 0.717) is 23.9 Å². The number of nitrogen functional groups attached to an aromatic ring is 1. The molecule has 6 nitrogen and oxygen atoms in total. The van der Waals surface area contributed by atoms with Gasteiger partial charge in [-0.05, 0) is 31.8 Å². The standard InChI is InChI=1S/C17H30N6/c1-2-23-10-6-9-14(23)12-19-17-21-15(20-16(18)22-17)11-13-7-4-3-5-8-13/h13-14H,2-12H2,1H3,(H3,18,19,20,21,22).